The smallest absolute Gasteiger partial charge is 0.428 e. The molecule has 0 bridgehead atoms. The molecule has 0 aliphatic heterocycles. The molecule has 1 aromatic rings. The highest BCUT2D eigenvalue weighted by atomic mass is 19.3. The second-order valence-corrected chi connectivity index (χ2v) is 3.90. The largest absolute Gasteiger partial charge is 0.461 e. The molecule has 114 valence electrons. The molecule has 0 saturated heterocycles. The third-order valence-corrected chi connectivity index (χ3v) is 2.42. The number of hydrogen-bond donors (Lipinski definition) is 2. The van der Waals surface area contributed by atoms with Crippen molar-refractivity contribution in [2.45, 2.75) is 24.5 Å². The van der Waals surface area contributed by atoms with E-state index < -0.39 is 42.4 Å². The van der Waals surface area contributed by atoms with Crippen molar-refractivity contribution in [1.29, 1.82) is 0 Å². The Hall–Kier alpha value is -1.48. The van der Waals surface area contributed by atoms with Crippen LogP contribution >= 0.6 is 0 Å². The van der Waals surface area contributed by atoms with Crippen molar-refractivity contribution in [3.05, 3.63) is 29.8 Å². The Bertz CT molecular complexity index is 454. The molecule has 3 nitrogen and oxygen atoms in total. The summed E-state index contributed by atoms with van der Waals surface area (Å²) in [5.41, 5.74) is 4.54. The molecule has 0 heterocycles. The van der Waals surface area contributed by atoms with Crippen LogP contribution < -0.4 is 10.5 Å². The first-order valence-electron chi connectivity index (χ1n) is 5.30. The number of aliphatic hydroxyl groups is 1. The van der Waals surface area contributed by atoms with Gasteiger partial charge in [-0.2, -0.15) is 17.6 Å². The molecular formula is C11H11F6NO2. The standard InChI is InChI=1S/C11H11F6NO2/c12-9(13)11(16,17)20-7-4-2-1-3-6(7)8(18)10(14,15)5-19/h1-4,8-9,19H,5,18H2/t8-/m1/s1. The van der Waals surface area contributed by atoms with Crippen molar-refractivity contribution in [2.24, 2.45) is 5.73 Å². The maximum absolute atomic E-state index is 13.2. The molecule has 0 aliphatic rings. The van der Waals surface area contributed by atoms with E-state index >= 15 is 0 Å². The summed E-state index contributed by atoms with van der Waals surface area (Å²) in [6.07, 6.45) is -8.98. The summed E-state index contributed by atoms with van der Waals surface area (Å²) >= 11 is 0. The maximum Gasteiger partial charge on any atom is 0.461 e. The number of rotatable bonds is 6. The fourth-order valence-electron chi connectivity index (χ4n) is 1.35. The van der Waals surface area contributed by atoms with Gasteiger partial charge in [-0.15, -0.1) is 0 Å². The predicted molar refractivity (Wildman–Crippen MR) is 57.0 cm³/mol. The van der Waals surface area contributed by atoms with Crippen molar-refractivity contribution in [2.75, 3.05) is 6.61 Å². The highest BCUT2D eigenvalue weighted by Crippen LogP contribution is 2.37. The van der Waals surface area contributed by atoms with Crippen LogP contribution in [0, 0.1) is 0 Å². The summed E-state index contributed by atoms with van der Waals surface area (Å²) in [7, 11) is 0. The molecule has 1 aromatic carbocycles. The van der Waals surface area contributed by atoms with E-state index in [0.29, 0.717) is 0 Å². The van der Waals surface area contributed by atoms with Gasteiger partial charge in [-0.1, -0.05) is 18.2 Å². The lowest BCUT2D eigenvalue weighted by atomic mass is 10.0. The Balaban J connectivity index is 3.12. The Labute approximate surface area is 109 Å². The van der Waals surface area contributed by atoms with Gasteiger partial charge in [0.15, 0.2) is 0 Å². The molecule has 0 saturated carbocycles. The van der Waals surface area contributed by atoms with Crippen molar-refractivity contribution >= 4 is 0 Å². The van der Waals surface area contributed by atoms with E-state index in [1.165, 1.54) is 6.07 Å². The molecule has 1 rings (SSSR count). The zero-order valence-electron chi connectivity index (χ0n) is 9.87. The maximum atomic E-state index is 13.2. The highest BCUT2D eigenvalue weighted by molar-refractivity contribution is 5.37. The van der Waals surface area contributed by atoms with E-state index in [2.05, 4.69) is 4.74 Å². The number of aliphatic hydroxyl groups excluding tert-OH is 1. The first-order valence-corrected chi connectivity index (χ1v) is 5.30. The van der Waals surface area contributed by atoms with Crippen molar-refractivity contribution in [1.82, 2.24) is 0 Å². The highest BCUT2D eigenvalue weighted by Gasteiger charge is 2.46. The second-order valence-electron chi connectivity index (χ2n) is 3.90. The Morgan fingerprint density at radius 3 is 2.20 bits per heavy atom. The number of benzene rings is 1. The second kappa shape index (κ2) is 5.88. The summed E-state index contributed by atoms with van der Waals surface area (Å²) in [6, 6.07) is 1.86. The van der Waals surface area contributed by atoms with Gasteiger partial charge in [-0.25, -0.2) is 8.78 Å². The van der Waals surface area contributed by atoms with Crippen LogP contribution in [-0.2, 0) is 0 Å². The summed E-state index contributed by atoms with van der Waals surface area (Å²) < 4.78 is 79.9. The number of para-hydroxylation sites is 1. The van der Waals surface area contributed by atoms with Gasteiger partial charge in [0.25, 0.3) is 5.92 Å². The van der Waals surface area contributed by atoms with Gasteiger partial charge in [-0.05, 0) is 6.07 Å². The predicted octanol–water partition coefficient (Wildman–Crippen LogP) is 2.55. The van der Waals surface area contributed by atoms with Crippen LogP contribution in [0.1, 0.15) is 11.6 Å². The van der Waals surface area contributed by atoms with Crippen molar-refractivity contribution < 1.29 is 36.2 Å². The molecule has 0 unspecified atom stereocenters. The van der Waals surface area contributed by atoms with Gasteiger partial charge >= 0.3 is 12.5 Å². The van der Waals surface area contributed by atoms with Gasteiger partial charge in [-0.3, -0.25) is 0 Å². The van der Waals surface area contributed by atoms with Gasteiger partial charge < -0.3 is 15.6 Å². The number of alkyl halides is 6. The SMILES string of the molecule is N[C@H](c1ccccc1OC(F)(F)C(F)F)C(F)(F)CO. The summed E-state index contributed by atoms with van der Waals surface area (Å²) in [4.78, 5) is 0. The molecule has 0 aliphatic carbocycles. The zero-order chi connectivity index (χ0) is 15.6. The molecule has 0 radical (unpaired) electrons. The lowest BCUT2D eigenvalue weighted by Gasteiger charge is -2.25. The Kier molecular flexibility index (Phi) is 4.87. The van der Waals surface area contributed by atoms with Crippen LogP contribution in [0.25, 0.3) is 0 Å². The molecule has 0 amide bonds. The quantitative estimate of drug-likeness (QED) is 0.794. The average Bonchev–Trinajstić information content (AvgIpc) is 2.38. The monoisotopic (exact) mass is 303 g/mol. The van der Waals surface area contributed by atoms with Crippen LogP contribution in [0.15, 0.2) is 24.3 Å². The molecule has 1 atom stereocenters. The van der Waals surface area contributed by atoms with E-state index in [9.17, 15) is 26.3 Å². The molecule has 3 N–H and O–H groups in total. The zero-order valence-corrected chi connectivity index (χ0v) is 9.87. The lowest BCUT2D eigenvalue weighted by Crippen LogP contribution is -2.38. The molecule has 20 heavy (non-hydrogen) atoms. The normalized spacial score (nSPS) is 14.4. The van der Waals surface area contributed by atoms with E-state index in [0.717, 1.165) is 18.2 Å². The Morgan fingerprint density at radius 2 is 1.70 bits per heavy atom. The van der Waals surface area contributed by atoms with Crippen LogP contribution in [-0.4, -0.2) is 30.2 Å². The average molecular weight is 303 g/mol. The number of nitrogens with two attached hydrogens (primary N) is 1. The molecule has 0 aromatic heterocycles. The van der Waals surface area contributed by atoms with Crippen LogP contribution in [0.2, 0.25) is 0 Å². The third kappa shape index (κ3) is 3.54. The van der Waals surface area contributed by atoms with E-state index in [4.69, 9.17) is 10.8 Å². The lowest BCUT2D eigenvalue weighted by molar-refractivity contribution is -0.253. The minimum Gasteiger partial charge on any atom is -0.428 e. The Morgan fingerprint density at radius 1 is 1.15 bits per heavy atom. The fraction of sp³-hybridized carbons (Fsp3) is 0.455. The summed E-state index contributed by atoms with van der Waals surface area (Å²) in [5, 5.41) is 8.50. The first kappa shape index (κ1) is 16.6. The first-order chi connectivity index (χ1) is 9.12. The summed E-state index contributed by atoms with van der Waals surface area (Å²) in [6.45, 7) is -1.63. The summed E-state index contributed by atoms with van der Waals surface area (Å²) in [5.74, 6) is -4.72. The molecular weight excluding hydrogens is 292 g/mol. The molecule has 9 heteroatoms. The van der Waals surface area contributed by atoms with Crippen molar-refractivity contribution in [3.63, 3.8) is 0 Å². The van der Waals surface area contributed by atoms with E-state index in [1.807, 2.05) is 0 Å². The van der Waals surface area contributed by atoms with E-state index in [1.54, 1.807) is 0 Å². The topological polar surface area (TPSA) is 55.5 Å². The molecule has 0 fully saturated rings. The number of hydrogen-bond acceptors (Lipinski definition) is 3. The molecule has 0 spiro atoms. The van der Waals surface area contributed by atoms with Crippen molar-refractivity contribution in [3.8, 4) is 5.75 Å². The van der Waals surface area contributed by atoms with Crippen LogP contribution in [0.4, 0.5) is 26.3 Å². The third-order valence-electron chi connectivity index (χ3n) is 2.42. The van der Waals surface area contributed by atoms with Crippen LogP contribution in [0.5, 0.6) is 5.75 Å². The number of halogens is 6. The van der Waals surface area contributed by atoms with Gasteiger partial charge in [0.2, 0.25) is 0 Å². The minimum absolute atomic E-state index is 0.619. The van der Waals surface area contributed by atoms with Gasteiger partial charge in [0.1, 0.15) is 18.4 Å². The van der Waals surface area contributed by atoms with E-state index in [-0.39, 0.29) is 0 Å². The van der Waals surface area contributed by atoms with Gasteiger partial charge in [0, 0.05) is 5.56 Å². The fourth-order valence-corrected chi connectivity index (χ4v) is 1.35. The van der Waals surface area contributed by atoms with Gasteiger partial charge in [0.05, 0.1) is 0 Å². The minimum atomic E-state index is -4.84. The van der Waals surface area contributed by atoms with Crippen LogP contribution in [0.3, 0.4) is 0 Å². The number of ether oxygens (including phenoxy) is 1.